The van der Waals surface area contributed by atoms with Gasteiger partial charge >= 0.3 is 11.9 Å². The summed E-state index contributed by atoms with van der Waals surface area (Å²) in [4.78, 5) is 18.2. The highest BCUT2D eigenvalue weighted by Crippen LogP contribution is 2.29. The lowest BCUT2D eigenvalue weighted by Gasteiger charge is -2.32. The van der Waals surface area contributed by atoms with Crippen molar-refractivity contribution >= 4 is 11.9 Å². The summed E-state index contributed by atoms with van der Waals surface area (Å²) in [5, 5.41) is 25.0. The number of aliphatic hydroxyl groups is 1. The molecule has 0 saturated heterocycles. The van der Waals surface area contributed by atoms with Crippen LogP contribution >= 0.6 is 0 Å². The molecule has 24 heavy (non-hydrogen) atoms. The van der Waals surface area contributed by atoms with E-state index in [-0.39, 0.29) is 17.3 Å². The van der Waals surface area contributed by atoms with Crippen molar-refractivity contribution in [3.8, 4) is 0 Å². The molecule has 0 radical (unpaired) electrons. The quantitative estimate of drug-likeness (QED) is 0.587. The molecule has 0 saturated carbocycles. The molecule has 0 spiro atoms. The van der Waals surface area contributed by atoms with E-state index in [4.69, 9.17) is 25.5 Å². The summed E-state index contributed by atoms with van der Waals surface area (Å²) < 4.78 is 12.8. The number of hydrogen-bond donors (Lipinski definition) is 4. The average molecular weight is 343 g/mol. The first-order valence-electron chi connectivity index (χ1n) is 7.63. The van der Waals surface area contributed by atoms with Crippen LogP contribution < -0.4 is 5.73 Å². The highest BCUT2D eigenvalue weighted by molar-refractivity contribution is 6.27. The third kappa shape index (κ3) is 8.59. The van der Waals surface area contributed by atoms with Crippen molar-refractivity contribution in [2.24, 2.45) is 11.1 Å². The maximum Gasteiger partial charge on any atom is 0.414 e. The molecule has 6 nitrogen and oxygen atoms in total. The zero-order chi connectivity index (χ0) is 18.9. The number of carboxylic acids is 2. The van der Waals surface area contributed by atoms with Gasteiger partial charge in [-0.2, -0.15) is 0 Å². The monoisotopic (exact) mass is 343 g/mol. The molecule has 0 aliphatic heterocycles. The van der Waals surface area contributed by atoms with Crippen LogP contribution in [-0.2, 0) is 16.0 Å². The van der Waals surface area contributed by atoms with Crippen molar-refractivity contribution in [3.63, 3.8) is 0 Å². The highest BCUT2D eigenvalue weighted by atomic mass is 19.1. The van der Waals surface area contributed by atoms with E-state index < -0.39 is 18.0 Å². The van der Waals surface area contributed by atoms with E-state index in [1.807, 2.05) is 20.8 Å². The summed E-state index contributed by atoms with van der Waals surface area (Å²) in [5.74, 6) is -3.88. The van der Waals surface area contributed by atoms with Gasteiger partial charge in [0.2, 0.25) is 0 Å². The van der Waals surface area contributed by atoms with Crippen LogP contribution in [0.25, 0.3) is 0 Å². The molecule has 1 aromatic rings. The first kappa shape index (κ1) is 22.0. The Bertz CT molecular complexity index is 518. The Kier molecular flexibility index (Phi) is 9.17. The Hall–Kier alpha value is -1.99. The number of halogens is 1. The van der Waals surface area contributed by atoms with E-state index in [1.165, 1.54) is 12.1 Å². The van der Waals surface area contributed by atoms with Crippen molar-refractivity contribution in [2.75, 3.05) is 0 Å². The predicted molar refractivity (Wildman–Crippen MR) is 88.0 cm³/mol. The standard InChI is InChI=1S/C15H24FNO.C2H2O4/c1-4-13(17)9-14(18)15(2,3)10-11-5-7-12(16)8-6-11;3-1(4)2(5)6/h5-8,13-14,18H,4,9-10,17H2,1-3H3;(H,3,4)(H,5,6). The summed E-state index contributed by atoms with van der Waals surface area (Å²) >= 11 is 0. The molecule has 0 aliphatic rings. The number of benzene rings is 1. The number of aliphatic carboxylic acids is 2. The predicted octanol–water partition coefficient (Wildman–Crippen LogP) is 2.04. The largest absolute Gasteiger partial charge is 0.473 e. The van der Waals surface area contributed by atoms with Crippen molar-refractivity contribution < 1.29 is 29.3 Å². The second-order valence-corrected chi connectivity index (χ2v) is 6.32. The number of carboxylic acid groups (broad SMARTS) is 2. The minimum atomic E-state index is -1.82. The molecule has 0 aliphatic carbocycles. The molecule has 0 amide bonds. The number of hydrogen-bond acceptors (Lipinski definition) is 4. The second kappa shape index (κ2) is 10.00. The fourth-order valence-electron chi connectivity index (χ4n) is 2.02. The van der Waals surface area contributed by atoms with E-state index >= 15 is 0 Å². The van der Waals surface area contributed by atoms with E-state index in [0.29, 0.717) is 12.8 Å². The molecular weight excluding hydrogens is 317 g/mol. The number of aliphatic hydroxyl groups excluding tert-OH is 1. The molecule has 0 heterocycles. The fourth-order valence-corrected chi connectivity index (χ4v) is 2.02. The van der Waals surface area contributed by atoms with Crippen molar-refractivity contribution in [3.05, 3.63) is 35.6 Å². The van der Waals surface area contributed by atoms with Crippen molar-refractivity contribution in [2.45, 2.75) is 52.2 Å². The Morgan fingerprint density at radius 1 is 1.17 bits per heavy atom. The van der Waals surface area contributed by atoms with E-state index in [1.54, 1.807) is 12.1 Å². The lowest BCUT2D eigenvalue weighted by molar-refractivity contribution is -0.159. The molecule has 136 valence electrons. The normalized spacial score (nSPS) is 13.4. The molecule has 0 aromatic heterocycles. The molecular formula is C17H26FNO5. The first-order valence-corrected chi connectivity index (χ1v) is 7.63. The molecule has 2 unspecified atom stereocenters. The SMILES string of the molecule is CCC(N)CC(O)C(C)(C)Cc1ccc(F)cc1.O=C(O)C(=O)O. The van der Waals surface area contributed by atoms with Gasteiger partial charge in [-0.25, -0.2) is 14.0 Å². The van der Waals surface area contributed by atoms with Crippen LogP contribution in [0, 0.1) is 11.2 Å². The minimum Gasteiger partial charge on any atom is -0.473 e. The summed E-state index contributed by atoms with van der Waals surface area (Å²) in [5.41, 5.74) is 6.65. The first-order chi connectivity index (χ1) is 11.0. The molecule has 0 bridgehead atoms. The average Bonchev–Trinajstić information content (AvgIpc) is 2.49. The van der Waals surface area contributed by atoms with Crippen LogP contribution in [0.4, 0.5) is 4.39 Å². The summed E-state index contributed by atoms with van der Waals surface area (Å²) in [6.07, 6.45) is 1.73. The van der Waals surface area contributed by atoms with Gasteiger partial charge in [-0.05, 0) is 42.4 Å². The zero-order valence-corrected chi connectivity index (χ0v) is 14.2. The molecule has 2 atom stereocenters. The summed E-state index contributed by atoms with van der Waals surface area (Å²) in [6.45, 7) is 6.05. The van der Waals surface area contributed by atoms with Gasteiger partial charge in [0, 0.05) is 6.04 Å². The van der Waals surface area contributed by atoms with Gasteiger partial charge < -0.3 is 21.1 Å². The Labute approximate surface area is 141 Å². The number of rotatable bonds is 6. The Balaban J connectivity index is 0.000000754. The van der Waals surface area contributed by atoms with Gasteiger partial charge in [0.05, 0.1) is 6.10 Å². The van der Waals surface area contributed by atoms with Crippen molar-refractivity contribution in [1.82, 2.24) is 0 Å². The van der Waals surface area contributed by atoms with Crippen LogP contribution in [0.3, 0.4) is 0 Å². The smallest absolute Gasteiger partial charge is 0.414 e. The van der Waals surface area contributed by atoms with E-state index in [2.05, 4.69) is 0 Å². The molecule has 0 fully saturated rings. The lowest BCUT2D eigenvalue weighted by atomic mass is 9.78. The zero-order valence-electron chi connectivity index (χ0n) is 14.2. The minimum absolute atomic E-state index is 0.0347. The third-order valence-corrected chi connectivity index (χ3v) is 3.71. The maximum absolute atomic E-state index is 12.8. The van der Waals surface area contributed by atoms with Crippen LogP contribution in [0.5, 0.6) is 0 Å². The summed E-state index contributed by atoms with van der Waals surface area (Å²) in [6, 6.07) is 6.48. The van der Waals surface area contributed by atoms with Crippen molar-refractivity contribution in [1.29, 1.82) is 0 Å². The molecule has 7 heteroatoms. The lowest BCUT2D eigenvalue weighted by Crippen LogP contribution is -2.36. The van der Waals surface area contributed by atoms with Gasteiger partial charge in [0.25, 0.3) is 0 Å². The second-order valence-electron chi connectivity index (χ2n) is 6.32. The van der Waals surface area contributed by atoms with Gasteiger partial charge in [-0.15, -0.1) is 0 Å². The Morgan fingerprint density at radius 2 is 1.62 bits per heavy atom. The van der Waals surface area contributed by atoms with Gasteiger partial charge in [-0.3, -0.25) is 0 Å². The summed E-state index contributed by atoms with van der Waals surface area (Å²) in [7, 11) is 0. The van der Waals surface area contributed by atoms with Gasteiger partial charge in [0.15, 0.2) is 0 Å². The maximum atomic E-state index is 12.8. The van der Waals surface area contributed by atoms with E-state index in [9.17, 15) is 9.50 Å². The van der Waals surface area contributed by atoms with Gasteiger partial charge in [0.1, 0.15) is 5.82 Å². The van der Waals surface area contributed by atoms with Crippen LogP contribution in [-0.4, -0.2) is 39.4 Å². The molecule has 1 rings (SSSR count). The van der Waals surface area contributed by atoms with Crippen LogP contribution in [0.15, 0.2) is 24.3 Å². The topological polar surface area (TPSA) is 121 Å². The fraction of sp³-hybridized carbons (Fsp3) is 0.529. The number of carbonyl (C=O) groups is 2. The Morgan fingerprint density at radius 3 is 2.00 bits per heavy atom. The third-order valence-electron chi connectivity index (χ3n) is 3.71. The molecule has 1 aromatic carbocycles. The van der Waals surface area contributed by atoms with E-state index in [0.717, 1.165) is 12.0 Å². The highest BCUT2D eigenvalue weighted by Gasteiger charge is 2.29. The molecule has 5 N–H and O–H groups in total. The van der Waals surface area contributed by atoms with Gasteiger partial charge in [-0.1, -0.05) is 32.9 Å². The number of nitrogens with two attached hydrogens (primary N) is 1. The van der Waals surface area contributed by atoms with Crippen LogP contribution in [0.1, 0.15) is 39.2 Å². The van der Waals surface area contributed by atoms with Crippen LogP contribution in [0.2, 0.25) is 0 Å².